The first kappa shape index (κ1) is 12.6. The maximum atomic E-state index is 11.3. The van der Waals surface area contributed by atoms with E-state index in [0.717, 1.165) is 50.7 Å². The van der Waals surface area contributed by atoms with Crippen LogP contribution in [-0.2, 0) is 9.53 Å². The number of rotatable bonds is 2. The highest BCUT2D eigenvalue weighted by atomic mass is 16.5. The van der Waals surface area contributed by atoms with E-state index in [2.05, 4.69) is 10.1 Å². The van der Waals surface area contributed by atoms with Gasteiger partial charge in [-0.15, -0.1) is 0 Å². The Morgan fingerprint density at radius 2 is 2.05 bits per heavy atom. The van der Waals surface area contributed by atoms with Crippen molar-refractivity contribution in [2.75, 3.05) is 26.3 Å². The molecule has 0 saturated carbocycles. The summed E-state index contributed by atoms with van der Waals surface area (Å²) in [6.45, 7) is 4.66. The van der Waals surface area contributed by atoms with Gasteiger partial charge in [0.15, 0.2) is 5.82 Å². The monoisotopic (exact) mass is 265 g/mol. The molecule has 3 heterocycles. The van der Waals surface area contributed by atoms with Crippen LogP contribution in [0.5, 0.6) is 0 Å². The van der Waals surface area contributed by atoms with Crippen molar-refractivity contribution in [1.82, 2.24) is 15.0 Å². The van der Waals surface area contributed by atoms with E-state index in [1.165, 1.54) is 0 Å². The van der Waals surface area contributed by atoms with Gasteiger partial charge in [0.2, 0.25) is 11.8 Å². The first-order chi connectivity index (χ1) is 9.24. The molecule has 2 aliphatic rings. The van der Waals surface area contributed by atoms with Gasteiger partial charge < -0.3 is 14.2 Å². The molecule has 3 rings (SSSR count). The number of carbonyl (C=O) groups excluding carboxylic acids is 1. The van der Waals surface area contributed by atoms with Gasteiger partial charge in [-0.1, -0.05) is 5.16 Å². The van der Waals surface area contributed by atoms with Crippen LogP contribution in [0.1, 0.15) is 49.7 Å². The number of hydrogen-bond acceptors (Lipinski definition) is 5. The van der Waals surface area contributed by atoms with Gasteiger partial charge in [-0.2, -0.15) is 4.98 Å². The molecule has 0 radical (unpaired) electrons. The van der Waals surface area contributed by atoms with Gasteiger partial charge in [-0.25, -0.2) is 0 Å². The van der Waals surface area contributed by atoms with Crippen LogP contribution in [0.3, 0.4) is 0 Å². The average Bonchev–Trinajstić information content (AvgIpc) is 3.10. The minimum absolute atomic E-state index is 0.146. The third-order valence-electron chi connectivity index (χ3n) is 4.04. The lowest BCUT2D eigenvalue weighted by Crippen LogP contribution is -2.36. The van der Waals surface area contributed by atoms with Crippen LogP contribution in [0.15, 0.2) is 4.52 Å². The number of likely N-dealkylation sites (tertiary alicyclic amines) is 1. The topological polar surface area (TPSA) is 68.5 Å². The largest absolute Gasteiger partial charge is 0.381 e. The molecule has 1 aromatic heterocycles. The predicted molar refractivity (Wildman–Crippen MR) is 66.7 cm³/mol. The van der Waals surface area contributed by atoms with E-state index in [-0.39, 0.29) is 11.8 Å². The molecule has 0 spiro atoms. The van der Waals surface area contributed by atoms with Crippen molar-refractivity contribution in [3.63, 3.8) is 0 Å². The molecule has 1 atom stereocenters. The lowest BCUT2D eigenvalue weighted by Gasteiger charge is -2.29. The molecular formula is C13H19N3O3. The van der Waals surface area contributed by atoms with E-state index in [4.69, 9.17) is 9.26 Å². The smallest absolute Gasteiger partial charge is 0.229 e. The fourth-order valence-corrected chi connectivity index (χ4v) is 2.76. The minimum atomic E-state index is 0.146. The summed E-state index contributed by atoms with van der Waals surface area (Å²) in [4.78, 5) is 17.7. The highest BCUT2D eigenvalue weighted by Gasteiger charge is 2.28. The minimum Gasteiger partial charge on any atom is -0.381 e. The van der Waals surface area contributed by atoms with Crippen molar-refractivity contribution >= 4 is 5.91 Å². The molecule has 19 heavy (non-hydrogen) atoms. The second-order valence-corrected chi connectivity index (χ2v) is 5.33. The molecule has 0 aliphatic carbocycles. The molecule has 0 N–H and O–H groups in total. The maximum Gasteiger partial charge on any atom is 0.229 e. The van der Waals surface area contributed by atoms with Crippen LogP contribution in [0.25, 0.3) is 0 Å². The second-order valence-electron chi connectivity index (χ2n) is 5.33. The summed E-state index contributed by atoms with van der Waals surface area (Å²) in [6, 6.07) is 0. The molecule has 1 amide bonds. The fourth-order valence-electron chi connectivity index (χ4n) is 2.76. The number of hydrogen-bond donors (Lipinski definition) is 0. The number of ether oxygens (including phenoxy) is 1. The van der Waals surface area contributed by atoms with Crippen molar-refractivity contribution in [3.8, 4) is 0 Å². The second kappa shape index (κ2) is 5.28. The van der Waals surface area contributed by atoms with Gasteiger partial charge in [0.25, 0.3) is 0 Å². The van der Waals surface area contributed by atoms with Crippen LogP contribution >= 0.6 is 0 Å². The van der Waals surface area contributed by atoms with Gasteiger partial charge in [0.1, 0.15) is 0 Å². The summed E-state index contributed by atoms with van der Waals surface area (Å²) >= 11 is 0. The van der Waals surface area contributed by atoms with Crippen molar-refractivity contribution in [1.29, 1.82) is 0 Å². The Balaban J connectivity index is 1.62. The van der Waals surface area contributed by atoms with E-state index in [9.17, 15) is 4.79 Å². The predicted octanol–water partition coefficient (Wildman–Crippen LogP) is 1.30. The van der Waals surface area contributed by atoms with Gasteiger partial charge in [0.05, 0.1) is 6.61 Å². The molecular weight excluding hydrogens is 246 g/mol. The van der Waals surface area contributed by atoms with Crippen molar-refractivity contribution in [2.24, 2.45) is 0 Å². The molecule has 0 unspecified atom stereocenters. The van der Waals surface area contributed by atoms with Crippen molar-refractivity contribution in [3.05, 3.63) is 11.7 Å². The van der Waals surface area contributed by atoms with Crippen LogP contribution in [-0.4, -0.2) is 47.3 Å². The molecule has 2 aliphatic heterocycles. The van der Waals surface area contributed by atoms with Gasteiger partial charge in [-0.05, 0) is 19.3 Å². The zero-order valence-corrected chi connectivity index (χ0v) is 11.2. The summed E-state index contributed by atoms with van der Waals surface area (Å²) in [5.41, 5.74) is 0. The first-order valence-corrected chi connectivity index (χ1v) is 6.91. The standard InChI is InChI=1S/C13H19N3O3/c1-9(17)16-5-2-10(3-6-16)13-14-12(15-19-13)11-4-7-18-8-11/h10-11H,2-8H2,1H3/t11-/m0/s1. The van der Waals surface area contributed by atoms with E-state index >= 15 is 0 Å². The Kier molecular flexibility index (Phi) is 3.50. The van der Waals surface area contributed by atoms with Crippen LogP contribution in [0.2, 0.25) is 0 Å². The highest BCUT2D eigenvalue weighted by molar-refractivity contribution is 5.73. The lowest BCUT2D eigenvalue weighted by molar-refractivity contribution is -0.129. The van der Waals surface area contributed by atoms with Crippen LogP contribution in [0, 0.1) is 0 Å². The van der Waals surface area contributed by atoms with Crippen LogP contribution < -0.4 is 0 Å². The Morgan fingerprint density at radius 1 is 1.26 bits per heavy atom. The Hall–Kier alpha value is -1.43. The number of piperidine rings is 1. The summed E-state index contributed by atoms with van der Waals surface area (Å²) < 4.78 is 10.7. The number of carbonyl (C=O) groups is 1. The number of nitrogens with zero attached hydrogens (tertiary/aromatic N) is 3. The SMILES string of the molecule is CC(=O)N1CCC(c2nc([C@H]3CCOC3)no2)CC1. The zero-order valence-electron chi connectivity index (χ0n) is 11.2. The molecule has 0 bridgehead atoms. The number of amides is 1. The van der Waals surface area contributed by atoms with Crippen LogP contribution in [0.4, 0.5) is 0 Å². The Labute approximate surface area is 112 Å². The van der Waals surface area contributed by atoms with Gasteiger partial charge in [-0.3, -0.25) is 4.79 Å². The van der Waals surface area contributed by atoms with Gasteiger partial charge >= 0.3 is 0 Å². The zero-order chi connectivity index (χ0) is 13.2. The van der Waals surface area contributed by atoms with E-state index < -0.39 is 0 Å². The Bertz CT molecular complexity index is 446. The highest BCUT2D eigenvalue weighted by Crippen LogP contribution is 2.29. The molecule has 0 aromatic carbocycles. The summed E-state index contributed by atoms with van der Waals surface area (Å²) in [5, 5.41) is 4.08. The van der Waals surface area contributed by atoms with Gasteiger partial charge in [0, 0.05) is 38.5 Å². The van der Waals surface area contributed by atoms with Crippen molar-refractivity contribution < 1.29 is 14.1 Å². The molecule has 6 heteroatoms. The third-order valence-corrected chi connectivity index (χ3v) is 4.04. The number of aromatic nitrogens is 2. The van der Waals surface area contributed by atoms with E-state index in [0.29, 0.717) is 12.5 Å². The average molecular weight is 265 g/mol. The molecule has 104 valence electrons. The maximum absolute atomic E-state index is 11.3. The fraction of sp³-hybridized carbons (Fsp3) is 0.769. The third kappa shape index (κ3) is 2.63. The molecule has 1 aromatic rings. The first-order valence-electron chi connectivity index (χ1n) is 6.91. The summed E-state index contributed by atoms with van der Waals surface area (Å²) in [7, 11) is 0. The normalized spacial score (nSPS) is 24.9. The molecule has 6 nitrogen and oxygen atoms in total. The lowest BCUT2D eigenvalue weighted by atomic mass is 9.96. The van der Waals surface area contributed by atoms with Crippen molar-refractivity contribution in [2.45, 2.75) is 38.0 Å². The van der Waals surface area contributed by atoms with E-state index in [1.807, 2.05) is 4.90 Å². The quantitative estimate of drug-likeness (QED) is 0.806. The molecule has 2 saturated heterocycles. The summed E-state index contributed by atoms with van der Waals surface area (Å²) in [5.74, 6) is 2.23. The van der Waals surface area contributed by atoms with E-state index in [1.54, 1.807) is 6.92 Å². The molecule has 2 fully saturated rings. The Morgan fingerprint density at radius 3 is 2.68 bits per heavy atom. The summed E-state index contributed by atoms with van der Waals surface area (Å²) in [6.07, 6.45) is 2.78.